The average Bonchev–Trinajstić information content (AvgIpc) is 2.63. The second-order valence-corrected chi connectivity index (χ2v) is 9.16. The van der Waals surface area contributed by atoms with Crippen molar-refractivity contribution in [1.29, 1.82) is 0 Å². The lowest BCUT2D eigenvalue weighted by Crippen LogP contribution is -2.79. The Morgan fingerprint density at radius 3 is 1.73 bits per heavy atom. The van der Waals surface area contributed by atoms with Crippen LogP contribution in [-0.4, -0.2) is 63.0 Å². The van der Waals surface area contributed by atoms with Gasteiger partial charge in [0.15, 0.2) is 12.2 Å². The molecule has 164 valence electrons. The van der Waals surface area contributed by atoms with Crippen LogP contribution in [0.5, 0.6) is 0 Å². The van der Waals surface area contributed by atoms with Crippen molar-refractivity contribution in [3.63, 3.8) is 0 Å². The number of carbonyl (C=O) groups excluding carboxylic acids is 2. The Hall–Kier alpha value is -2.05. The highest BCUT2D eigenvalue weighted by Crippen LogP contribution is 2.48. The highest BCUT2D eigenvalue weighted by atomic mass is 32.2. The maximum atomic E-state index is 12.9. The lowest BCUT2D eigenvalue weighted by molar-refractivity contribution is -0.528. The van der Waals surface area contributed by atoms with Crippen LogP contribution in [0.25, 0.3) is 0 Å². The molecule has 0 N–H and O–H groups in total. The van der Waals surface area contributed by atoms with Gasteiger partial charge in [-0.1, -0.05) is 17.7 Å². The van der Waals surface area contributed by atoms with E-state index in [2.05, 4.69) is 0 Å². The van der Waals surface area contributed by atoms with Crippen molar-refractivity contribution in [2.24, 2.45) is 0 Å². The maximum absolute atomic E-state index is 12.9. The van der Waals surface area contributed by atoms with Gasteiger partial charge in [0, 0.05) is 20.8 Å². The molecule has 5 rings (SSSR count). The van der Waals surface area contributed by atoms with E-state index in [1.54, 1.807) is 12.1 Å². The number of hydrogen-bond donors (Lipinski definition) is 0. The SMILES string of the molecule is CC(=O)O[C@@H]1C2OC3(C)O[C@@H]1C(OS(=O)(=O)c1ccc(C)cc1)[C@H](O3)[C@@H]2OC(C)=O. The summed E-state index contributed by atoms with van der Waals surface area (Å²) in [6.45, 7) is 5.72. The molecule has 4 fully saturated rings. The lowest BCUT2D eigenvalue weighted by Gasteiger charge is -2.60. The first kappa shape index (κ1) is 21.2. The molecule has 3 unspecified atom stereocenters. The molecule has 1 saturated carbocycles. The summed E-state index contributed by atoms with van der Waals surface area (Å²) in [5.41, 5.74) is 0.880. The fraction of sp³-hybridized carbons (Fsp3) is 0.579. The zero-order chi connectivity index (χ0) is 21.8. The fourth-order valence-corrected chi connectivity index (χ4v) is 5.11. The van der Waals surface area contributed by atoms with Crippen molar-refractivity contribution in [1.82, 2.24) is 0 Å². The number of rotatable bonds is 5. The minimum absolute atomic E-state index is 0.0579. The summed E-state index contributed by atoms with van der Waals surface area (Å²) in [5.74, 6) is -2.78. The summed E-state index contributed by atoms with van der Waals surface area (Å²) < 4.78 is 59.1. The Balaban J connectivity index is 1.70. The van der Waals surface area contributed by atoms with Gasteiger partial charge in [0.05, 0.1) is 4.90 Å². The monoisotopic (exact) mass is 442 g/mol. The van der Waals surface area contributed by atoms with Crippen molar-refractivity contribution < 1.29 is 45.9 Å². The molecule has 4 bridgehead atoms. The van der Waals surface area contributed by atoms with E-state index < -0.39 is 64.7 Å². The second kappa shape index (κ2) is 7.27. The summed E-state index contributed by atoms with van der Waals surface area (Å²) in [4.78, 5) is 23.3. The van der Waals surface area contributed by atoms with E-state index in [-0.39, 0.29) is 4.90 Å². The molecule has 4 aliphatic rings. The Kier molecular flexibility index (Phi) is 5.14. The van der Waals surface area contributed by atoms with Gasteiger partial charge in [-0.2, -0.15) is 8.42 Å². The second-order valence-electron chi connectivity index (χ2n) is 7.59. The molecule has 1 aliphatic carbocycles. The molecule has 0 spiro atoms. The summed E-state index contributed by atoms with van der Waals surface area (Å²) in [6.07, 6.45) is -6.27. The molecule has 7 atom stereocenters. The zero-order valence-corrected chi connectivity index (χ0v) is 17.6. The van der Waals surface area contributed by atoms with Gasteiger partial charge in [0.2, 0.25) is 0 Å². The van der Waals surface area contributed by atoms with Crippen LogP contribution in [0.2, 0.25) is 0 Å². The van der Waals surface area contributed by atoms with Crippen LogP contribution in [0, 0.1) is 6.92 Å². The predicted octanol–water partition coefficient (Wildman–Crippen LogP) is 0.802. The van der Waals surface area contributed by atoms with Crippen molar-refractivity contribution >= 4 is 22.1 Å². The highest BCUT2D eigenvalue weighted by Gasteiger charge is 2.69. The molecule has 1 aromatic carbocycles. The van der Waals surface area contributed by atoms with Crippen molar-refractivity contribution in [2.45, 2.75) is 75.2 Å². The number of ether oxygens (including phenoxy) is 5. The molecule has 10 nitrogen and oxygen atoms in total. The Bertz CT molecular complexity index is 922. The normalized spacial score (nSPS) is 37.1. The van der Waals surface area contributed by atoms with E-state index in [1.807, 2.05) is 6.92 Å². The van der Waals surface area contributed by atoms with Crippen molar-refractivity contribution in [3.8, 4) is 0 Å². The van der Waals surface area contributed by atoms with Crippen LogP contribution in [0.15, 0.2) is 29.2 Å². The smallest absolute Gasteiger partial charge is 0.303 e. The minimum Gasteiger partial charge on any atom is -0.457 e. The fourth-order valence-electron chi connectivity index (χ4n) is 4.02. The lowest BCUT2D eigenvalue weighted by atomic mass is 9.81. The summed E-state index contributed by atoms with van der Waals surface area (Å²) >= 11 is 0. The standard InChI is InChI=1S/C19H22O10S/c1-9-5-7-12(8-6-9)30(22,23)29-18-16-13(24-10(2)20)15-14(25-11(3)21)17(18)28-19(4,26-15)27-16/h5-8,13-18H,1-4H3/t13-,14-,15?,16-,17+,18?,19?/m1/s1. The van der Waals surface area contributed by atoms with Gasteiger partial charge < -0.3 is 23.7 Å². The van der Waals surface area contributed by atoms with Gasteiger partial charge in [-0.15, -0.1) is 0 Å². The average molecular weight is 442 g/mol. The molecule has 3 aliphatic heterocycles. The third kappa shape index (κ3) is 3.71. The van der Waals surface area contributed by atoms with Crippen LogP contribution in [0.1, 0.15) is 26.3 Å². The third-order valence-corrected chi connectivity index (χ3v) is 6.47. The molecule has 0 amide bonds. The number of hydrogen-bond acceptors (Lipinski definition) is 10. The van der Waals surface area contributed by atoms with Gasteiger partial charge >= 0.3 is 11.9 Å². The summed E-state index contributed by atoms with van der Waals surface area (Å²) in [5, 5.41) is 0. The van der Waals surface area contributed by atoms with E-state index in [0.717, 1.165) is 5.56 Å². The topological polar surface area (TPSA) is 124 Å². The molecule has 3 saturated heterocycles. The largest absolute Gasteiger partial charge is 0.457 e. The number of benzene rings is 1. The molecule has 11 heteroatoms. The summed E-state index contributed by atoms with van der Waals surface area (Å²) in [6, 6.07) is 6.11. The Labute approximate surface area is 173 Å². The highest BCUT2D eigenvalue weighted by molar-refractivity contribution is 7.86. The predicted molar refractivity (Wildman–Crippen MR) is 97.4 cm³/mol. The molecule has 30 heavy (non-hydrogen) atoms. The molecular formula is C19H22O10S. The molecule has 1 aromatic rings. The van der Waals surface area contributed by atoms with Crippen LogP contribution in [0.3, 0.4) is 0 Å². The van der Waals surface area contributed by atoms with Gasteiger partial charge in [0.25, 0.3) is 16.1 Å². The Morgan fingerprint density at radius 1 is 0.867 bits per heavy atom. The first-order valence-corrected chi connectivity index (χ1v) is 10.8. The van der Waals surface area contributed by atoms with E-state index in [1.165, 1.54) is 32.9 Å². The molecule has 0 aromatic heterocycles. The van der Waals surface area contributed by atoms with Crippen LogP contribution in [-0.2, 0) is 47.6 Å². The van der Waals surface area contributed by atoms with Gasteiger partial charge in [-0.25, -0.2) is 0 Å². The summed E-state index contributed by atoms with van der Waals surface area (Å²) in [7, 11) is -4.23. The molecule has 3 heterocycles. The van der Waals surface area contributed by atoms with Gasteiger partial charge in [-0.05, 0) is 19.1 Å². The Morgan fingerprint density at radius 2 is 1.30 bits per heavy atom. The van der Waals surface area contributed by atoms with E-state index in [0.29, 0.717) is 0 Å². The molecule has 0 radical (unpaired) electrons. The number of esters is 2. The zero-order valence-electron chi connectivity index (χ0n) is 16.8. The molecular weight excluding hydrogens is 420 g/mol. The minimum atomic E-state index is -4.23. The van der Waals surface area contributed by atoms with E-state index in [9.17, 15) is 18.0 Å². The quantitative estimate of drug-likeness (QED) is 0.478. The number of aryl methyl sites for hydroxylation is 1. The van der Waals surface area contributed by atoms with Crippen molar-refractivity contribution in [3.05, 3.63) is 29.8 Å². The van der Waals surface area contributed by atoms with Crippen LogP contribution in [0.4, 0.5) is 0 Å². The van der Waals surface area contributed by atoms with Gasteiger partial charge in [0.1, 0.15) is 24.4 Å². The van der Waals surface area contributed by atoms with Crippen LogP contribution < -0.4 is 0 Å². The van der Waals surface area contributed by atoms with Crippen molar-refractivity contribution in [2.75, 3.05) is 0 Å². The first-order chi connectivity index (χ1) is 14.0. The third-order valence-electron chi connectivity index (χ3n) is 5.14. The van der Waals surface area contributed by atoms with E-state index >= 15 is 0 Å². The van der Waals surface area contributed by atoms with Gasteiger partial charge in [-0.3, -0.25) is 13.8 Å². The first-order valence-electron chi connectivity index (χ1n) is 9.37. The number of carbonyl (C=O) groups is 2. The maximum Gasteiger partial charge on any atom is 0.303 e. The van der Waals surface area contributed by atoms with E-state index in [4.69, 9.17) is 27.9 Å². The van der Waals surface area contributed by atoms with Crippen LogP contribution >= 0.6 is 0 Å².